The summed E-state index contributed by atoms with van der Waals surface area (Å²) < 4.78 is 37.0. The molecule has 1 rings (SSSR count). The van der Waals surface area contributed by atoms with Gasteiger partial charge in [-0.15, -0.1) is 0 Å². The molecule has 0 heterocycles. The first-order valence-corrected chi connectivity index (χ1v) is 4.56. The van der Waals surface area contributed by atoms with E-state index in [9.17, 15) is 13.2 Å². The van der Waals surface area contributed by atoms with Crippen molar-refractivity contribution in [2.75, 3.05) is 6.54 Å². The highest BCUT2D eigenvalue weighted by Gasteiger charge is 2.33. The average molecular weight is 239 g/mol. The fourth-order valence-electron chi connectivity index (χ4n) is 1.13. The maximum absolute atomic E-state index is 12.3. The molecule has 0 unspecified atom stereocenters. The van der Waals surface area contributed by atoms with Gasteiger partial charge in [0.2, 0.25) is 0 Å². The van der Waals surface area contributed by atoms with E-state index in [4.69, 9.17) is 23.1 Å². The lowest BCUT2D eigenvalue weighted by molar-refractivity contribution is -0.137. The van der Waals surface area contributed by atoms with E-state index in [0.29, 0.717) is 5.56 Å². The van der Waals surface area contributed by atoms with E-state index < -0.39 is 17.8 Å². The van der Waals surface area contributed by atoms with Crippen LogP contribution in [0.1, 0.15) is 17.2 Å². The molecule has 0 spiro atoms. The second kappa shape index (κ2) is 4.38. The van der Waals surface area contributed by atoms with E-state index in [1.54, 1.807) is 0 Å². The zero-order chi connectivity index (χ0) is 11.6. The summed E-state index contributed by atoms with van der Waals surface area (Å²) in [4.78, 5) is 0. The summed E-state index contributed by atoms with van der Waals surface area (Å²) in [6.07, 6.45) is -4.44. The van der Waals surface area contributed by atoms with Crippen LogP contribution >= 0.6 is 11.6 Å². The summed E-state index contributed by atoms with van der Waals surface area (Å²) in [5, 5.41) is -0.357. The normalized spacial score (nSPS) is 14.0. The van der Waals surface area contributed by atoms with Gasteiger partial charge in [0, 0.05) is 12.6 Å². The van der Waals surface area contributed by atoms with Crippen LogP contribution in [-0.4, -0.2) is 6.54 Å². The molecule has 0 fully saturated rings. The Hall–Kier alpha value is -0.780. The van der Waals surface area contributed by atoms with E-state index >= 15 is 0 Å². The second-order valence-corrected chi connectivity index (χ2v) is 3.49. The van der Waals surface area contributed by atoms with Crippen molar-refractivity contribution in [1.82, 2.24) is 0 Å². The van der Waals surface area contributed by atoms with Crippen LogP contribution in [0.25, 0.3) is 0 Å². The van der Waals surface area contributed by atoms with Crippen molar-refractivity contribution in [1.29, 1.82) is 0 Å². The monoisotopic (exact) mass is 238 g/mol. The zero-order valence-corrected chi connectivity index (χ0v) is 8.44. The Kier molecular flexibility index (Phi) is 3.59. The van der Waals surface area contributed by atoms with Crippen molar-refractivity contribution in [2.24, 2.45) is 11.5 Å². The molecule has 0 saturated heterocycles. The van der Waals surface area contributed by atoms with Gasteiger partial charge in [-0.05, 0) is 17.7 Å². The molecular weight excluding hydrogens is 229 g/mol. The van der Waals surface area contributed by atoms with Gasteiger partial charge in [0.1, 0.15) is 0 Å². The Bertz CT molecular complexity index is 352. The lowest BCUT2D eigenvalue weighted by atomic mass is 10.1. The van der Waals surface area contributed by atoms with E-state index in [2.05, 4.69) is 0 Å². The highest BCUT2D eigenvalue weighted by atomic mass is 35.5. The lowest BCUT2D eigenvalue weighted by Gasteiger charge is -2.13. The molecular formula is C9H10ClF3N2. The predicted molar refractivity (Wildman–Crippen MR) is 52.4 cm³/mol. The first-order valence-electron chi connectivity index (χ1n) is 4.18. The predicted octanol–water partition coefficient (Wildman–Crippen LogP) is 2.32. The third-order valence-electron chi connectivity index (χ3n) is 1.98. The molecule has 1 aromatic rings. The minimum atomic E-state index is -4.44. The Morgan fingerprint density at radius 2 is 1.93 bits per heavy atom. The molecule has 2 nitrogen and oxygen atoms in total. The molecule has 0 amide bonds. The van der Waals surface area contributed by atoms with Crippen molar-refractivity contribution in [2.45, 2.75) is 12.2 Å². The summed E-state index contributed by atoms with van der Waals surface area (Å²) in [7, 11) is 0. The van der Waals surface area contributed by atoms with E-state index in [-0.39, 0.29) is 11.6 Å². The van der Waals surface area contributed by atoms with Crippen LogP contribution in [0.5, 0.6) is 0 Å². The Labute approximate surface area is 90.0 Å². The van der Waals surface area contributed by atoms with Crippen molar-refractivity contribution in [3.05, 3.63) is 34.3 Å². The number of alkyl halides is 3. The van der Waals surface area contributed by atoms with Crippen LogP contribution in [0.15, 0.2) is 18.2 Å². The second-order valence-electron chi connectivity index (χ2n) is 3.08. The van der Waals surface area contributed by atoms with Crippen molar-refractivity contribution in [3.63, 3.8) is 0 Å². The number of nitrogens with two attached hydrogens (primary N) is 2. The zero-order valence-electron chi connectivity index (χ0n) is 7.68. The number of benzene rings is 1. The molecule has 15 heavy (non-hydrogen) atoms. The summed E-state index contributed by atoms with van der Waals surface area (Å²) >= 11 is 5.50. The van der Waals surface area contributed by atoms with Crippen molar-refractivity contribution >= 4 is 11.6 Å². The number of hydrogen-bond acceptors (Lipinski definition) is 2. The Morgan fingerprint density at radius 1 is 1.33 bits per heavy atom. The van der Waals surface area contributed by atoms with Crippen LogP contribution < -0.4 is 11.5 Å². The van der Waals surface area contributed by atoms with Gasteiger partial charge in [0.15, 0.2) is 0 Å². The van der Waals surface area contributed by atoms with Gasteiger partial charge in [-0.2, -0.15) is 13.2 Å². The SMILES string of the molecule is NC[C@@H](N)c1ccc(C(F)(F)F)c(Cl)c1. The molecule has 6 heteroatoms. The number of hydrogen-bond donors (Lipinski definition) is 2. The van der Waals surface area contributed by atoms with Gasteiger partial charge in [-0.3, -0.25) is 0 Å². The summed E-state index contributed by atoms with van der Waals surface area (Å²) in [6.45, 7) is 0.154. The fraction of sp³-hybridized carbons (Fsp3) is 0.333. The molecule has 0 aliphatic heterocycles. The molecule has 4 N–H and O–H groups in total. The van der Waals surface area contributed by atoms with Gasteiger partial charge in [-0.25, -0.2) is 0 Å². The van der Waals surface area contributed by atoms with Gasteiger partial charge < -0.3 is 11.5 Å². The van der Waals surface area contributed by atoms with Crippen LogP contribution in [0.4, 0.5) is 13.2 Å². The highest BCUT2D eigenvalue weighted by molar-refractivity contribution is 6.31. The molecule has 0 aliphatic carbocycles. The molecule has 0 saturated carbocycles. The van der Waals surface area contributed by atoms with Crippen LogP contribution in [0, 0.1) is 0 Å². The molecule has 0 radical (unpaired) electrons. The van der Waals surface area contributed by atoms with Crippen molar-refractivity contribution in [3.8, 4) is 0 Å². The van der Waals surface area contributed by atoms with Gasteiger partial charge in [0.05, 0.1) is 10.6 Å². The Morgan fingerprint density at radius 3 is 2.33 bits per heavy atom. The fourth-order valence-corrected chi connectivity index (χ4v) is 1.42. The minimum Gasteiger partial charge on any atom is -0.329 e. The molecule has 0 aromatic heterocycles. The van der Waals surface area contributed by atoms with Gasteiger partial charge >= 0.3 is 6.18 Å². The number of rotatable bonds is 2. The van der Waals surface area contributed by atoms with Crippen molar-refractivity contribution < 1.29 is 13.2 Å². The summed E-state index contributed by atoms with van der Waals surface area (Å²) in [5.74, 6) is 0. The quantitative estimate of drug-likeness (QED) is 0.831. The van der Waals surface area contributed by atoms with Crippen LogP contribution in [0.2, 0.25) is 5.02 Å². The maximum Gasteiger partial charge on any atom is 0.417 e. The van der Waals surface area contributed by atoms with Crippen LogP contribution in [-0.2, 0) is 6.18 Å². The molecule has 1 aromatic carbocycles. The molecule has 0 bridgehead atoms. The first kappa shape index (κ1) is 12.3. The maximum atomic E-state index is 12.3. The summed E-state index contributed by atoms with van der Waals surface area (Å²) in [6, 6.07) is 2.89. The van der Waals surface area contributed by atoms with E-state index in [0.717, 1.165) is 6.07 Å². The van der Waals surface area contributed by atoms with Gasteiger partial charge in [0.25, 0.3) is 0 Å². The molecule has 0 aliphatic rings. The topological polar surface area (TPSA) is 52.0 Å². The molecule has 1 atom stereocenters. The number of halogens is 4. The minimum absolute atomic E-state index is 0.154. The van der Waals surface area contributed by atoms with E-state index in [1.165, 1.54) is 12.1 Å². The molecule has 84 valence electrons. The van der Waals surface area contributed by atoms with Gasteiger partial charge in [-0.1, -0.05) is 17.7 Å². The third-order valence-corrected chi connectivity index (χ3v) is 2.29. The highest BCUT2D eigenvalue weighted by Crippen LogP contribution is 2.35. The first-order chi connectivity index (χ1) is 6.86. The van der Waals surface area contributed by atoms with Crippen LogP contribution in [0.3, 0.4) is 0 Å². The lowest BCUT2D eigenvalue weighted by Crippen LogP contribution is -2.21. The largest absolute Gasteiger partial charge is 0.417 e. The standard InChI is InChI=1S/C9H10ClF3N2/c10-7-3-5(8(15)4-14)1-2-6(7)9(11,12)13/h1-3,8H,4,14-15H2/t8-/m1/s1. The summed E-state index contributed by atoms with van der Waals surface area (Å²) in [5.41, 5.74) is 10.5. The Balaban J connectivity index is 3.09. The smallest absolute Gasteiger partial charge is 0.329 e. The average Bonchev–Trinajstić information content (AvgIpc) is 2.14. The third kappa shape index (κ3) is 2.84. The van der Waals surface area contributed by atoms with E-state index in [1.807, 2.05) is 0 Å².